The second kappa shape index (κ2) is 4.65. The lowest BCUT2D eigenvalue weighted by Crippen LogP contribution is -2.43. The van der Waals surface area contributed by atoms with Gasteiger partial charge in [0.05, 0.1) is 0 Å². The Hall–Kier alpha value is -1.72. The fourth-order valence-electron chi connectivity index (χ4n) is 1.15. The molecule has 0 radical (unpaired) electrons. The highest BCUT2D eigenvalue weighted by atomic mass is 19.1. The van der Waals surface area contributed by atoms with E-state index in [1.807, 2.05) is 5.32 Å². The average molecular weight is 246 g/mol. The molecule has 1 aromatic rings. The number of nitrogens with one attached hydrogen (secondary N) is 2. The largest absolute Gasteiger partial charge is 0.333 e. The van der Waals surface area contributed by atoms with Gasteiger partial charge in [0.25, 0.3) is 0 Å². The van der Waals surface area contributed by atoms with E-state index >= 15 is 0 Å². The van der Waals surface area contributed by atoms with E-state index in [2.05, 4.69) is 5.32 Å². The molecule has 1 rings (SSSR count). The van der Waals surface area contributed by atoms with Gasteiger partial charge in [0.15, 0.2) is 11.6 Å². The monoisotopic (exact) mass is 246 g/mol. The Morgan fingerprint density at radius 1 is 1.12 bits per heavy atom. The maximum absolute atomic E-state index is 13.2. The first-order valence-corrected chi connectivity index (χ1v) is 4.93. The van der Waals surface area contributed by atoms with Gasteiger partial charge in [-0.25, -0.2) is 18.0 Å². The molecule has 17 heavy (non-hydrogen) atoms. The number of hydrogen-bond donors (Lipinski definition) is 2. The van der Waals surface area contributed by atoms with Crippen LogP contribution >= 0.6 is 0 Å². The van der Waals surface area contributed by atoms with Crippen LogP contribution in [-0.4, -0.2) is 11.6 Å². The summed E-state index contributed by atoms with van der Waals surface area (Å²) in [5.41, 5.74) is -1.22. The summed E-state index contributed by atoms with van der Waals surface area (Å²) in [5, 5.41) is 4.46. The van der Waals surface area contributed by atoms with E-state index in [9.17, 15) is 18.0 Å². The summed E-state index contributed by atoms with van der Waals surface area (Å²) < 4.78 is 39.0. The molecule has 0 aliphatic rings. The number of halogens is 3. The predicted molar refractivity (Wildman–Crippen MR) is 58.2 cm³/mol. The van der Waals surface area contributed by atoms with E-state index in [1.54, 1.807) is 20.8 Å². The van der Waals surface area contributed by atoms with Gasteiger partial charge >= 0.3 is 6.03 Å². The van der Waals surface area contributed by atoms with Gasteiger partial charge in [-0.05, 0) is 20.8 Å². The molecule has 1 aromatic carbocycles. The van der Waals surface area contributed by atoms with Crippen molar-refractivity contribution in [3.05, 3.63) is 29.6 Å². The summed E-state index contributed by atoms with van der Waals surface area (Å²) in [5.74, 6) is -3.36. The number of carbonyl (C=O) groups is 1. The van der Waals surface area contributed by atoms with E-state index in [1.165, 1.54) is 0 Å². The molecule has 0 aliphatic heterocycles. The molecule has 0 heterocycles. The summed E-state index contributed by atoms with van der Waals surface area (Å²) in [4.78, 5) is 11.4. The fourth-order valence-corrected chi connectivity index (χ4v) is 1.15. The zero-order chi connectivity index (χ0) is 13.2. The Balaban J connectivity index is 2.86. The molecule has 2 N–H and O–H groups in total. The Labute approximate surface area is 97.0 Å². The van der Waals surface area contributed by atoms with E-state index in [-0.39, 0.29) is 0 Å². The van der Waals surface area contributed by atoms with Crippen molar-refractivity contribution in [1.82, 2.24) is 5.32 Å². The highest BCUT2D eigenvalue weighted by Crippen LogP contribution is 2.20. The lowest BCUT2D eigenvalue weighted by Gasteiger charge is -2.21. The van der Waals surface area contributed by atoms with Gasteiger partial charge in [0, 0.05) is 17.7 Å². The van der Waals surface area contributed by atoms with Crippen LogP contribution in [0.15, 0.2) is 12.1 Å². The van der Waals surface area contributed by atoms with Crippen LogP contribution in [0.3, 0.4) is 0 Å². The van der Waals surface area contributed by atoms with Gasteiger partial charge in [0.1, 0.15) is 11.5 Å². The molecule has 0 aliphatic carbocycles. The van der Waals surface area contributed by atoms with Crippen molar-refractivity contribution >= 4 is 11.7 Å². The molecular weight excluding hydrogens is 233 g/mol. The molecular formula is C11H13F3N2O. The summed E-state index contributed by atoms with van der Waals surface area (Å²) in [6.07, 6.45) is 0. The third-order valence-corrected chi connectivity index (χ3v) is 1.73. The summed E-state index contributed by atoms with van der Waals surface area (Å²) in [6.45, 7) is 5.14. The Kier molecular flexibility index (Phi) is 3.65. The first-order valence-electron chi connectivity index (χ1n) is 4.93. The average Bonchev–Trinajstić information content (AvgIpc) is 2.08. The third kappa shape index (κ3) is 3.97. The molecule has 0 saturated heterocycles. The maximum atomic E-state index is 13.2. The highest BCUT2D eigenvalue weighted by Gasteiger charge is 2.17. The summed E-state index contributed by atoms with van der Waals surface area (Å²) >= 11 is 0. The lowest BCUT2D eigenvalue weighted by atomic mass is 10.1. The van der Waals surface area contributed by atoms with Gasteiger partial charge in [-0.3, -0.25) is 0 Å². The van der Waals surface area contributed by atoms with Crippen molar-refractivity contribution in [1.29, 1.82) is 0 Å². The smallest absolute Gasteiger partial charge is 0.319 e. The van der Waals surface area contributed by atoms with Crippen molar-refractivity contribution < 1.29 is 18.0 Å². The number of anilines is 1. The number of rotatable bonds is 1. The second-order valence-electron chi connectivity index (χ2n) is 4.57. The number of hydrogen-bond acceptors (Lipinski definition) is 1. The van der Waals surface area contributed by atoms with Crippen molar-refractivity contribution in [3.63, 3.8) is 0 Å². The van der Waals surface area contributed by atoms with Gasteiger partial charge in [0.2, 0.25) is 0 Å². The van der Waals surface area contributed by atoms with Gasteiger partial charge < -0.3 is 10.6 Å². The van der Waals surface area contributed by atoms with Crippen LogP contribution < -0.4 is 10.6 Å². The molecule has 0 spiro atoms. The third-order valence-electron chi connectivity index (χ3n) is 1.73. The number of urea groups is 1. The van der Waals surface area contributed by atoms with Crippen molar-refractivity contribution in [2.45, 2.75) is 26.3 Å². The molecule has 0 atom stereocenters. The van der Waals surface area contributed by atoms with Crippen LogP contribution in [0.4, 0.5) is 23.7 Å². The molecule has 94 valence electrons. The Morgan fingerprint density at radius 3 is 2.00 bits per heavy atom. The Morgan fingerprint density at radius 2 is 1.59 bits per heavy atom. The zero-order valence-electron chi connectivity index (χ0n) is 9.70. The first-order chi connectivity index (χ1) is 7.69. The van der Waals surface area contributed by atoms with Gasteiger partial charge in [-0.1, -0.05) is 0 Å². The fraction of sp³-hybridized carbons (Fsp3) is 0.364. The van der Waals surface area contributed by atoms with E-state index in [0.29, 0.717) is 12.1 Å². The van der Waals surface area contributed by atoms with Crippen molar-refractivity contribution in [3.8, 4) is 0 Å². The van der Waals surface area contributed by atoms with Crippen molar-refractivity contribution in [2.24, 2.45) is 0 Å². The molecule has 0 fully saturated rings. The molecule has 6 heteroatoms. The van der Waals surface area contributed by atoms with Crippen LogP contribution in [0.5, 0.6) is 0 Å². The number of amides is 2. The zero-order valence-corrected chi connectivity index (χ0v) is 9.70. The number of carbonyl (C=O) groups excluding carboxylic acids is 1. The molecule has 0 saturated carbocycles. The van der Waals surface area contributed by atoms with E-state index in [0.717, 1.165) is 0 Å². The molecule has 2 amide bonds. The topological polar surface area (TPSA) is 41.1 Å². The summed E-state index contributed by atoms with van der Waals surface area (Å²) in [6, 6.07) is 0.230. The Bertz CT molecular complexity index is 418. The molecule has 0 bridgehead atoms. The van der Waals surface area contributed by atoms with Crippen LogP contribution in [0, 0.1) is 17.5 Å². The van der Waals surface area contributed by atoms with Crippen LogP contribution in [0.25, 0.3) is 0 Å². The highest BCUT2D eigenvalue weighted by molar-refractivity contribution is 5.89. The van der Waals surface area contributed by atoms with Crippen LogP contribution in [0.2, 0.25) is 0 Å². The minimum Gasteiger partial charge on any atom is -0.333 e. The van der Waals surface area contributed by atoms with Gasteiger partial charge in [-0.15, -0.1) is 0 Å². The molecule has 3 nitrogen and oxygen atoms in total. The van der Waals surface area contributed by atoms with E-state index in [4.69, 9.17) is 0 Å². The normalized spacial score (nSPS) is 11.2. The SMILES string of the molecule is CC(C)(C)NC(=O)Nc1c(F)cc(F)cc1F. The van der Waals surface area contributed by atoms with Gasteiger partial charge in [-0.2, -0.15) is 0 Å². The minimum atomic E-state index is -1.16. The molecule has 0 unspecified atom stereocenters. The summed E-state index contributed by atoms with van der Waals surface area (Å²) in [7, 11) is 0. The maximum Gasteiger partial charge on any atom is 0.319 e. The van der Waals surface area contributed by atoms with E-state index < -0.39 is 34.7 Å². The van der Waals surface area contributed by atoms with Crippen molar-refractivity contribution in [2.75, 3.05) is 5.32 Å². The lowest BCUT2D eigenvalue weighted by molar-refractivity contribution is 0.243. The minimum absolute atomic E-state index is 0.496. The van der Waals surface area contributed by atoms with Crippen LogP contribution in [0.1, 0.15) is 20.8 Å². The van der Waals surface area contributed by atoms with Crippen LogP contribution in [-0.2, 0) is 0 Å². The molecule has 0 aromatic heterocycles. The predicted octanol–water partition coefficient (Wildman–Crippen LogP) is 3.02. The standard InChI is InChI=1S/C11H13F3N2O/c1-11(2,3)16-10(17)15-9-7(13)4-6(12)5-8(9)14/h4-5H,1-3H3,(H2,15,16,17). The second-order valence-corrected chi connectivity index (χ2v) is 4.57. The number of benzene rings is 1. The first kappa shape index (κ1) is 13.3. The quantitative estimate of drug-likeness (QED) is 0.785.